The van der Waals surface area contributed by atoms with E-state index in [1.165, 1.54) is 19.2 Å². The van der Waals surface area contributed by atoms with E-state index in [-0.39, 0.29) is 35.0 Å². The van der Waals surface area contributed by atoms with E-state index in [9.17, 15) is 26.4 Å². The Morgan fingerprint density at radius 1 is 1.42 bits per heavy atom. The van der Waals surface area contributed by atoms with Gasteiger partial charge in [-0.15, -0.1) is 0 Å². The van der Waals surface area contributed by atoms with Gasteiger partial charge < -0.3 is 14.4 Å². The molecule has 1 aliphatic rings. The smallest absolute Gasteiger partial charge is 0.471 e. The summed E-state index contributed by atoms with van der Waals surface area (Å²) in [4.78, 5) is 11.6. The molecule has 1 atom stereocenters. The number of rotatable bonds is 3. The van der Waals surface area contributed by atoms with Crippen LogP contribution in [-0.4, -0.2) is 52.2 Å². The topological polar surface area (TPSA) is 72.9 Å². The molecule has 0 spiro atoms. The number of amides is 1. The summed E-state index contributed by atoms with van der Waals surface area (Å²) in [5.41, 5.74) is 0.234. The number of fused-ring (bicyclic) bond motifs is 1. The number of hydrogen-bond donors (Lipinski definition) is 0. The van der Waals surface area contributed by atoms with Gasteiger partial charge in [-0.05, 0) is 12.1 Å². The number of carbonyl (C=O) groups is 1. The van der Waals surface area contributed by atoms with Crippen LogP contribution in [0.1, 0.15) is 5.56 Å². The number of likely N-dealkylation sites (N-methyl/N-ethyl adjacent to an activating group) is 1. The molecule has 1 heterocycles. The molecule has 0 N–H and O–H groups in total. The van der Waals surface area contributed by atoms with E-state index >= 15 is 0 Å². The first-order chi connectivity index (χ1) is 11.0. The highest BCUT2D eigenvalue weighted by Crippen LogP contribution is 2.40. The lowest BCUT2D eigenvalue weighted by Gasteiger charge is -2.33. The maximum absolute atomic E-state index is 12.6. The fourth-order valence-electron chi connectivity index (χ4n) is 2.41. The molecule has 24 heavy (non-hydrogen) atoms. The van der Waals surface area contributed by atoms with Crippen molar-refractivity contribution in [2.24, 2.45) is 0 Å². The molecular formula is C13H13ClF3NO5S. The first-order valence-electron chi connectivity index (χ1n) is 6.58. The third kappa shape index (κ3) is 3.54. The average molecular weight is 388 g/mol. The third-order valence-corrected chi connectivity index (χ3v) is 4.98. The summed E-state index contributed by atoms with van der Waals surface area (Å²) in [6.07, 6.45) is -5.09. The molecule has 2 rings (SSSR count). The van der Waals surface area contributed by atoms with Gasteiger partial charge in [0.25, 0.3) is 9.05 Å². The molecule has 0 radical (unpaired) electrons. The van der Waals surface area contributed by atoms with E-state index in [0.717, 1.165) is 7.05 Å². The van der Waals surface area contributed by atoms with Gasteiger partial charge in [0.2, 0.25) is 0 Å². The van der Waals surface area contributed by atoms with Crippen LogP contribution in [-0.2, 0) is 20.3 Å². The van der Waals surface area contributed by atoms with Crippen molar-refractivity contribution in [1.29, 1.82) is 0 Å². The number of benzene rings is 1. The molecule has 0 saturated carbocycles. The van der Waals surface area contributed by atoms with Gasteiger partial charge >= 0.3 is 12.1 Å². The van der Waals surface area contributed by atoms with Crippen molar-refractivity contribution in [2.45, 2.75) is 23.5 Å². The molecule has 1 aliphatic heterocycles. The molecule has 0 fully saturated rings. The summed E-state index contributed by atoms with van der Waals surface area (Å²) in [5, 5.41) is 0. The van der Waals surface area contributed by atoms with Crippen LogP contribution in [0, 0.1) is 0 Å². The minimum Gasteiger partial charge on any atom is -0.496 e. The predicted octanol–water partition coefficient (Wildman–Crippen LogP) is 1.95. The van der Waals surface area contributed by atoms with E-state index in [0.29, 0.717) is 4.90 Å². The number of hydrogen-bond acceptors (Lipinski definition) is 5. The van der Waals surface area contributed by atoms with E-state index in [2.05, 4.69) is 0 Å². The van der Waals surface area contributed by atoms with Crippen molar-refractivity contribution in [3.8, 4) is 11.5 Å². The van der Waals surface area contributed by atoms with Crippen molar-refractivity contribution in [1.82, 2.24) is 4.90 Å². The maximum atomic E-state index is 12.6. The number of halogens is 4. The number of ether oxygens (including phenoxy) is 2. The second-order valence-electron chi connectivity index (χ2n) is 5.09. The zero-order valence-corrected chi connectivity index (χ0v) is 14.1. The van der Waals surface area contributed by atoms with Crippen LogP contribution in [0.15, 0.2) is 17.0 Å². The van der Waals surface area contributed by atoms with E-state index in [1.807, 2.05) is 0 Å². The molecule has 1 aromatic rings. The van der Waals surface area contributed by atoms with E-state index in [1.54, 1.807) is 0 Å². The molecule has 1 aromatic carbocycles. The van der Waals surface area contributed by atoms with Crippen LogP contribution in [0.4, 0.5) is 13.2 Å². The Labute approximate surface area is 140 Å². The van der Waals surface area contributed by atoms with E-state index < -0.39 is 27.2 Å². The molecule has 134 valence electrons. The van der Waals surface area contributed by atoms with Crippen LogP contribution < -0.4 is 9.47 Å². The number of carbonyl (C=O) groups excluding carboxylic acids is 1. The Balaban J connectivity index is 2.42. The van der Waals surface area contributed by atoms with Gasteiger partial charge in [0, 0.05) is 29.7 Å². The van der Waals surface area contributed by atoms with Crippen molar-refractivity contribution >= 4 is 25.6 Å². The molecule has 6 nitrogen and oxygen atoms in total. The lowest BCUT2D eigenvalue weighted by molar-refractivity contribution is -0.186. The van der Waals surface area contributed by atoms with Gasteiger partial charge in [0.05, 0.1) is 13.2 Å². The van der Waals surface area contributed by atoms with Gasteiger partial charge in [-0.3, -0.25) is 4.79 Å². The highest BCUT2D eigenvalue weighted by Gasteiger charge is 2.44. The standard InChI is InChI=1S/C13H13ClF3NO5S/c1-18(12(19)13(15,16)17)7-5-8-9(22-2)3-4-10(24(14,20)21)11(8)23-6-7/h3-4,7H,5-6H2,1-2H3. The first kappa shape index (κ1) is 18.7. The Bertz CT molecular complexity index is 766. The van der Waals surface area contributed by atoms with Crippen LogP contribution in [0.2, 0.25) is 0 Å². The molecule has 0 aliphatic carbocycles. The third-order valence-electron chi connectivity index (χ3n) is 3.63. The lowest BCUT2D eigenvalue weighted by atomic mass is 10.0. The average Bonchev–Trinajstić information content (AvgIpc) is 2.49. The Morgan fingerprint density at radius 3 is 2.54 bits per heavy atom. The quantitative estimate of drug-likeness (QED) is 0.741. The second kappa shape index (κ2) is 6.32. The van der Waals surface area contributed by atoms with Crippen molar-refractivity contribution in [3.05, 3.63) is 17.7 Å². The summed E-state index contributed by atoms with van der Waals surface area (Å²) in [6.45, 7) is -0.308. The Hall–Kier alpha value is -1.68. The van der Waals surface area contributed by atoms with Crippen molar-refractivity contribution in [3.63, 3.8) is 0 Å². The van der Waals surface area contributed by atoms with Crippen molar-refractivity contribution in [2.75, 3.05) is 20.8 Å². The number of nitrogens with zero attached hydrogens (tertiary/aromatic N) is 1. The fraction of sp³-hybridized carbons (Fsp3) is 0.462. The largest absolute Gasteiger partial charge is 0.496 e. The first-order valence-corrected chi connectivity index (χ1v) is 8.89. The summed E-state index contributed by atoms with van der Waals surface area (Å²) in [5.74, 6) is -1.86. The van der Waals surface area contributed by atoms with Crippen molar-refractivity contribution < 1.29 is 35.9 Å². The van der Waals surface area contributed by atoms with Crippen LogP contribution in [0.3, 0.4) is 0 Å². The Kier molecular flexibility index (Phi) is 4.91. The van der Waals surface area contributed by atoms with Gasteiger partial charge in [-0.1, -0.05) is 0 Å². The molecule has 1 amide bonds. The summed E-state index contributed by atoms with van der Waals surface area (Å²) in [7, 11) is 3.54. The Morgan fingerprint density at radius 2 is 2.04 bits per heavy atom. The minimum absolute atomic E-state index is 0.0723. The van der Waals surface area contributed by atoms with Gasteiger partial charge in [0.15, 0.2) is 0 Å². The zero-order valence-electron chi connectivity index (χ0n) is 12.6. The van der Waals surface area contributed by atoms with Gasteiger partial charge in [-0.25, -0.2) is 8.42 Å². The monoisotopic (exact) mass is 387 g/mol. The number of alkyl halides is 3. The summed E-state index contributed by atoms with van der Waals surface area (Å²) in [6, 6.07) is 1.57. The molecule has 1 unspecified atom stereocenters. The molecular weight excluding hydrogens is 375 g/mol. The van der Waals surface area contributed by atoms with Crippen LogP contribution in [0.5, 0.6) is 11.5 Å². The maximum Gasteiger partial charge on any atom is 0.471 e. The summed E-state index contributed by atoms with van der Waals surface area (Å²) < 4.78 is 71.3. The fourth-order valence-corrected chi connectivity index (χ4v) is 3.41. The lowest BCUT2D eigenvalue weighted by Crippen LogP contribution is -2.49. The van der Waals surface area contributed by atoms with E-state index in [4.69, 9.17) is 20.2 Å². The SMILES string of the molecule is COc1ccc(S(=O)(=O)Cl)c2c1CC(N(C)C(=O)C(F)(F)F)CO2. The molecule has 0 saturated heterocycles. The summed E-state index contributed by atoms with van der Waals surface area (Å²) >= 11 is 0. The molecule has 11 heteroatoms. The highest BCUT2D eigenvalue weighted by atomic mass is 35.7. The second-order valence-corrected chi connectivity index (χ2v) is 7.63. The molecule has 0 aromatic heterocycles. The normalized spacial score (nSPS) is 17.7. The number of methoxy groups -OCH3 is 1. The molecule has 0 bridgehead atoms. The zero-order chi connectivity index (χ0) is 18.3. The minimum atomic E-state index is -5.01. The predicted molar refractivity (Wildman–Crippen MR) is 77.8 cm³/mol. The van der Waals surface area contributed by atoms with Gasteiger partial charge in [-0.2, -0.15) is 13.2 Å². The van der Waals surface area contributed by atoms with Gasteiger partial charge in [0.1, 0.15) is 23.0 Å². The van der Waals surface area contributed by atoms with Crippen LogP contribution >= 0.6 is 10.7 Å². The highest BCUT2D eigenvalue weighted by molar-refractivity contribution is 8.13. The van der Waals surface area contributed by atoms with Crippen LogP contribution in [0.25, 0.3) is 0 Å².